The highest BCUT2D eigenvalue weighted by molar-refractivity contribution is 6.17. The van der Waals surface area contributed by atoms with Crippen LogP contribution in [0.5, 0.6) is 0 Å². The van der Waals surface area contributed by atoms with Crippen LogP contribution in [-0.2, 0) is 5.88 Å². The number of halogens is 1. The van der Waals surface area contributed by atoms with Crippen molar-refractivity contribution in [1.29, 1.82) is 0 Å². The van der Waals surface area contributed by atoms with Crippen molar-refractivity contribution in [2.24, 2.45) is 0 Å². The zero-order chi connectivity index (χ0) is 12.1. The lowest BCUT2D eigenvalue weighted by atomic mass is 10.1. The highest BCUT2D eigenvalue weighted by Crippen LogP contribution is 2.26. The second-order valence-corrected chi connectivity index (χ2v) is 4.77. The molecule has 1 fully saturated rings. The van der Waals surface area contributed by atoms with Crippen molar-refractivity contribution in [3.8, 4) is 0 Å². The quantitative estimate of drug-likeness (QED) is 0.843. The van der Waals surface area contributed by atoms with Crippen LogP contribution in [0.15, 0.2) is 18.3 Å². The topological polar surface area (TPSA) is 36.4 Å². The van der Waals surface area contributed by atoms with Crippen molar-refractivity contribution in [3.05, 3.63) is 23.9 Å². The number of aliphatic hydroxyl groups excluding tert-OH is 1. The summed E-state index contributed by atoms with van der Waals surface area (Å²) in [5.41, 5.74) is 1.05. The molecule has 1 unspecified atom stereocenters. The van der Waals surface area contributed by atoms with E-state index in [1.54, 1.807) is 6.20 Å². The Morgan fingerprint density at radius 3 is 3.06 bits per heavy atom. The monoisotopic (exact) mass is 254 g/mol. The minimum absolute atomic E-state index is 0.189. The molecule has 1 atom stereocenters. The highest BCUT2D eigenvalue weighted by atomic mass is 35.5. The van der Waals surface area contributed by atoms with Gasteiger partial charge in [-0.2, -0.15) is 0 Å². The normalized spacial score (nSPS) is 21.3. The van der Waals surface area contributed by atoms with E-state index < -0.39 is 0 Å². The van der Waals surface area contributed by atoms with Gasteiger partial charge in [0, 0.05) is 18.3 Å². The average molecular weight is 255 g/mol. The van der Waals surface area contributed by atoms with Gasteiger partial charge in [-0.3, -0.25) is 0 Å². The Morgan fingerprint density at radius 2 is 2.29 bits per heavy atom. The maximum absolute atomic E-state index is 9.51. The number of pyridine rings is 1. The van der Waals surface area contributed by atoms with Crippen molar-refractivity contribution in [1.82, 2.24) is 4.98 Å². The molecular formula is C13H19ClN2O. The Bertz CT molecular complexity index is 359. The third-order valence-corrected chi connectivity index (χ3v) is 3.66. The van der Waals surface area contributed by atoms with Crippen LogP contribution in [0.25, 0.3) is 0 Å². The minimum Gasteiger partial charge on any atom is -0.394 e. The predicted octanol–water partition coefficient (Wildman–Crippen LogP) is 2.56. The molecule has 4 heteroatoms. The second-order valence-electron chi connectivity index (χ2n) is 4.50. The molecule has 1 saturated heterocycles. The number of nitrogens with zero attached hydrogens (tertiary/aromatic N) is 2. The molecule has 2 rings (SSSR count). The summed E-state index contributed by atoms with van der Waals surface area (Å²) in [6.45, 7) is 1.16. The largest absolute Gasteiger partial charge is 0.394 e. The Hall–Kier alpha value is -0.800. The molecule has 1 aromatic heterocycles. The lowest BCUT2D eigenvalue weighted by Gasteiger charge is -2.31. The summed E-state index contributed by atoms with van der Waals surface area (Å²) in [6, 6.07) is 4.11. The van der Waals surface area contributed by atoms with Gasteiger partial charge in [-0.15, -0.1) is 11.6 Å². The lowest BCUT2D eigenvalue weighted by Crippen LogP contribution is -2.38. The molecule has 0 saturated carbocycles. The van der Waals surface area contributed by atoms with Crippen molar-refractivity contribution < 1.29 is 5.11 Å². The van der Waals surface area contributed by atoms with Crippen molar-refractivity contribution >= 4 is 17.4 Å². The van der Waals surface area contributed by atoms with E-state index in [2.05, 4.69) is 9.88 Å². The number of hydrogen-bond donors (Lipinski definition) is 1. The molecule has 3 nitrogen and oxygen atoms in total. The number of alkyl halides is 1. The fourth-order valence-corrected chi connectivity index (χ4v) is 2.65. The fourth-order valence-electron chi connectivity index (χ4n) is 2.44. The molecule has 1 N–H and O–H groups in total. The van der Waals surface area contributed by atoms with Gasteiger partial charge in [0.05, 0.1) is 18.5 Å². The van der Waals surface area contributed by atoms with Gasteiger partial charge in [0.2, 0.25) is 0 Å². The zero-order valence-electron chi connectivity index (χ0n) is 9.98. The van der Waals surface area contributed by atoms with Gasteiger partial charge >= 0.3 is 0 Å². The van der Waals surface area contributed by atoms with Gasteiger partial charge in [-0.1, -0.05) is 18.9 Å². The first kappa shape index (κ1) is 12.7. The van der Waals surface area contributed by atoms with Gasteiger partial charge in [-0.25, -0.2) is 4.98 Å². The summed E-state index contributed by atoms with van der Waals surface area (Å²) in [4.78, 5) is 6.67. The van der Waals surface area contributed by atoms with Crippen LogP contribution in [-0.4, -0.2) is 29.3 Å². The highest BCUT2D eigenvalue weighted by Gasteiger charge is 2.23. The SMILES string of the molecule is OCC1CCCCCN1c1ncccc1CCl. The maximum Gasteiger partial charge on any atom is 0.133 e. The molecule has 1 aliphatic rings. The number of rotatable bonds is 3. The molecule has 1 aromatic rings. The third kappa shape index (κ3) is 2.90. The number of hydrogen-bond acceptors (Lipinski definition) is 3. The summed E-state index contributed by atoms with van der Waals surface area (Å²) in [6.07, 6.45) is 6.41. The Balaban J connectivity index is 2.28. The van der Waals surface area contributed by atoms with Gasteiger partial charge in [0.1, 0.15) is 5.82 Å². The molecule has 0 bridgehead atoms. The summed E-state index contributed by atoms with van der Waals surface area (Å²) in [5.74, 6) is 1.42. The third-order valence-electron chi connectivity index (χ3n) is 3.37. The van der Waals surface area contributed by atoms with E-state index in [0.717, 1.165) is 30.8 Å². The minimum atomic E-state index is 0.189. The lowest BCUT2D eigenvalue weighted by molar-refractivity contribution is 0.254. The molecule has 17 heavy (non-hydrogen) atoms. The van der Waals surface area contributed by atoms with Crippen molar-refractivity contribution in [3.63, 3.8) is 0 Å². The average Bonchev–Trinajstić information content (AvgIpc) is 2.63. The van der Waals surface area contributed by atoms with Crippen molar-refractivity contribution in [2.75, 3.05) is 18.1 Å². The Morgan fingerprint density at radius 1 is 1.41 bits per heavy atom. The molecule has 0 aromatic carbocycles. The number of aliphatic hydroxyl groups is 1. The van der Waals surface area contributed by atoms with Crippen LogP contribution in [0.4, 0.5) is 5.82 Å². The van der Waals surface area contributed by atoms with E-state index in [9.17, 15) is 5.11 Å². The van der Waals surface area contributed by atoms with E-state index in [1.165, 1.54) is 12.8 Å². The van der Waals surface area contributed by atoms with Crippen LogP contribution < -0.4 is 4.90 Å². The zero-order valence-corrected chi connectivity index (χ0v) is 10.7. The Kier molecular flexibility index (Phi) is 4.63. The molecule has 0 amide bonds. The maximum atomic E-state index is 9.51. The van der Waals surface area contributed by atoms with Gasteiger partial charge in [0.25, 0.3) is 0 Å². The molecule has 94 valence electrons. The van der Waals surface area contributed by atoms with Crippen LogP contribution in [0, 0.1) is 0 Å². The molecule has 0 spiro atoms. The second kappa shape index (κ2) is 6.22. The van der Waals surface area contributed by atoms with Gasteiger partial charge in [-0.05, 0) is 18.9 Å². The summed E-state index contributed by atoms with van der Waals surface area (Å²) < 4.78 is 0. The predicted molar refractivity (Wildman–Crippen MR) is 70.5 cm³/mol. The molecule has 0 aliphatic carbocycles. The van der Waals surface area contributed by atoms with Crippen LogP contribution in [0.1, 0.15) is 31.2 Å². The number of anilines is 1. The van der Waals surface area contributed by atoms with Crippen molar-refractivity contribution in [2.45, 2.75) is 37.6 Å². The molecule has 0 radical (unpaired) electrons. The standard InChI is InChI=1S/C13H19ClN2O/c14-9-11-5-4-7-15-13(11)16-8-3-1-2-6-12(16)10-17/h4-5,7,12,17H,1-3,6,8-10H2. The van der Waals surface area contributed by atoms with E-state index >= 15 is 0 Å². The Labute approximate surface area is 107 Å². The first-order chi connectivity index (χ1) is 8.36. The van der Waals surface area contributed by atoms with E-state index in [-0.39, 0.29) is 12.6 Å². The van der Waals surface area contributed by atoms with Gasteiger partial charge < -0.3 is 10.0 Å². The smallest absolute Gasteiger partial charge is 0.133 e. The fraction of sp³-hybridized carbons (Fsp3) is 0.615. The first-order valence-corrected chi connectivity index (χ1v) is 6.77. The summed E-state index contributed by atoms with van der Waals surface area (Å²) in [7, 11) is 0. The molecule has 2 heterocycles. The van der Waals surface area contributed by atoms with E-state index in [4.69, 9.17) is 11.6 Å². The summed E-state index contributed by atoms with van der Waals surface area (Å²) >= 11 is 5.95. The molecular weight excluding hydrogens is 236 g/mol. The summed E-state index contributed by atoms with van der Waals surface area (Å²) in [5, 5.41) is 9.51. The first-order valence-electron chi connectivity index (χ1n) is 6.24. The van der Waals surface area contributed by atoms with E-state index in [1.807, 2.05) is 12.1 Å². The van der Waals surface area contributed by atoms with Gasteiger partial charge in [0.15, 0.2) is 0 Å². The number of aromatic nitrogens is 1. The van der Waals surface area contributed by atoms with E-state index in [0.29, 0.717) is 5.88 Å². The van der Waals surface area contributed by atoms with Crippen LogP contribution in [0.3, 0.4) is 0 Å². The van der Waals surface area contributed by atoms with Crippen LogP contribution in [0.2, 0.25) is 0 Å². The van der Waals surface area contributed by atoms with Crippen LogP contribution >= 0.6 is 11.6 Å². The molecule has 1 aliphatic heterocycles.